The minimum atomic E-state index is 0.351. The van der Waals surface area contributed by atoms with Gasteiger partial charge in [0.25, 0.3) is 0 Å². The minimum Gasteiger partial charge on any atom is -0.483 e. The molecule has 4 nitrogen and oxygen atoms in total. The lowest BCUT2D eigenvalue weighted by Gasteiger charge is -2.03. The van der Waals surface area contributed by atoms with Gasteiger partial charge in [0.2, 0.25) is 0 Å². The largest absolute Gasteiger partial charge is 0.483 e. The lowest BCUT2D eigenvalue weighted by atomic mass is 10.4. The van der Waals surface area contributed by atoms with Crippen molar-refractivity contribution in [3.8, 4) is 5.75 Å². The maximum Gasteiger partial charge on any atom is 0.174 e. The molecule has 5 heteroatoms. The molecular weight excluding hydrogens is 248 g/mol. The van der Waals surface area contributed by atoms with Gasteiger partial charge in [0.1, 0.15) is 11.2 Å². The van der Waals surface area contributed by atoms with E-state index in [1.807, 2.05) is 6.07 Å². The Morgan fingerprint density at radius 2 is 2.29 bits per heavy atom. The maximum absolute atomic E-state index is 5.44. The Morgan fingerprint density at radius 1 is 1.36 bits per heavy atom. The Kier molecular flexibility index (Phi) is 2.78. The van der Waals surface area contributed by atoms with Crippen LogP contribution in [0.4, 0.5) is 0 Å². The van der Waals surface area contributed by atoms with Crippen molar-refractivity contribution in [1.29, 1.82) is 0 Å². The zero-order valence-electron chi connectivity index (χ0n) is 7.18. The van der Waals surface area contributed by atoms with Crippen LogP contribution in [0.2, 0.25) is 0 Å². The fourth-order valence-corrected chi connectivity index (χ4v) is 1.31. The number of halogens is 1. The third-order valence-corrected chi connectivity index (χ3v) is 2.18. The lowest BCUT2D eigenvalue weighted by molar-refractivity contribution is 0.247. The highest BCUT2D eigenvalue weighted by molar-refractivity contribution is 9.10. The van der Waals surface area contributed by atoms with E-state index in [2.05, 4.69) is 26.1 Å². The molecule has 0 atom stereocenters. The molecule has 0 saturated heterocycles. The average molecular weight is 255 g/mol. The highest BCUT2D eigenvalue weighted by Crippen LogP contribution is 2.21. The number of aromatic nitrogens is 2. The molecule has 2 rings (SSSR count). The molecule has 0 aliphatic rings. The van der Waals surface area contributed by atoms with Crippen LogP contribution in [0.5, 0.6) is 5.75 Å². The van der Waals surface area contributed by atoms with Crippen LogP contribution in [-0.2, 0) is 6.61 Å². The van der Waals surface area contributed by atoms with Gasteiger partial charge in [-0.15, -0.1) is 0 Å². The molecule has 0 spiro atoms. The first-order valence-corrected chi connectivity index (χ1v) is 4.78. The van der Waals surface area contributed by atoms with Gasteiger partial charge in [-0.2, -0.15) is 0 Å². The summed E-state index contributed by atoms with van der Waals surface area (Å²) in [6.45, 7) is 0.351. The topological polar surface area (TPSA) is 48.2 Å². The summed E-state index contributed by atoms with van der Waals surface area (Å²) in [6.07, 6.45) is 3.27. The number of hydrogen-bond acceptors (Lipinski definition) is 4. The van der Waals surface area contributed by atoms with Crippen molar-refractivity contribution in [2.24, 2.45) is 0 Å². The number of hydrogen-bond donors (Lipinski definition) is 0. The summed E-state index contributed by atoms with van der Waals surface area (Å²) in [5, 5.41) is 3.57. The van der Waals surface area contributed by atoms with Crippen LogP contribution in [0.25, 0.3) is 0 Å². The molecule has 2 aromatic heterocycles. The zero-order valence-corrected chi connectivity index (χ0v) is 8.77. The number of nitrogens with zero attached hydrogens (tertiary/aromatic N) is 2. The van der Waals surface area contributed by atoms with Crippen molar-refractivity contribution in [3.05, 3.63) is 41.0 Å². The van der Waals surface area contributed by atoms with Crippen molar-refractivity contribution in [2.75, 3.05) is 0 Å². The molecule has 0 bridgehead atoms. The Labute approximate surface area is 89.0 Å². The van der Waals surface area contributed by atoms with Gasteiger partial charge in [0.15, 0.2) is 11.5 Å². The van der Waals surface area contributed by atoms with Gasteiger partial charge in [0.05, 0.1) is 6.20 Å². The van der Waals surface area contributed by atoms with Gasteiger partial charge in [0, 0.05) is 12.3 Å². The highest BCUT2D eigenvalue weighted by Gasteiger charge is 2.02. The molecule has 2 heterocycles. The molecule has 0 aliphatic carbocycles. The van der Waals surface area contributed by atoms with E-state index in [-0.39, 0.29) is 0 Å². The quantitative estimate of drug-likeness (QED) is 0.790. The first-order valence-electron chi connectivity index (χ1n) is 3.99. The zero-order chi connectivity index (χ0) is 9.80. The molecule has 0 fully saturated rings. The minimum absolute atomic E-state index is 0.351. The summed E-state index contributed by atoms with van der Waals surface area (Å²) in [5.74, 6) is 1.37. The van der Waals surface area contributed by atoms with Crippen LogP contribution in [0.15, 0.2) is 39.7 Å². The summed E-state index contributed by atoms with van der Waals surface area (Å²) < 4.78 is 11.0. The van der Waals surface area contributed by atoms with E-state index < -0.39 is 0 Å². The van der Waals surface area contributed by atoms with E-state index in [1.54, 1.807) is 24.5 Å². The Hall–Kier alpha value is -1.36. The smallest absolute Gasteiger partial charge is 0.174 e. The lowest BCUT2D eigenvalue weighted by Crippen LogP contribution is -1.95. The van der Waals surface area contributed by atoms with Crippen LogP contribution in [0, 0.1) is 0 Å². The summed E-state index contributed by atoms with van der Waals surface area (Å²) in [6, 6.07) is 5.39. The fraction of sp³-hybridized carbons (Fsp3) is 0.111. The SMILES string of the molecule is Brc1ncccc1OCc1ccno1. The molecule has 0 N–H and O–H groups in total. The van der Waals surface area contributed by atoms with E-state index in [9.17, 15) is 0 Å². The van der Waals surface area contributed by atoms with Crippen molar-refractivity contribution in [1.82, 2.24) is 10.1 Å². The monoisotopic (exact) mass is 254 g/mol. The Morgan fingerprint density at radius 3 is 3.00 bits per heavy atom. The molecule has 2 aromatic rings. The third-order valence-electron chi connectivity index (χ3n) is 1.59. The first kappa shape index (κ1) is 9.21. The Bertz CT molecular complexity index is 403. The van der Waals surface area contributed by atoms with Gasteiger partial charge in [-0.05, 0) is 28.1 Å². The van der Waals surface area contributed by atoms with Gasteiger partial charge < -0.3 is 9.26 Å². The average Bonchev–Trinajstić information content (AvgIpc) is 2.69. The summed E-state index contributed by atoms with van der Waals surface area (Å²) in [5.41, 5.74) is 0. The summed E-state index contributed by atoms with van der Waals surface area (Å²) in [4.78, 5) is 4.02. The summed E-state index contributed by atoms with van der Waals surface area (Å²) in [7, 11) is 0. The number of pyridine rings is 1. The van der Waals surface area contributed by atoms with Gasteiger partial charge in [-0.1, -0.05) is 5.16 Å². The van der Waals surface area contributed by atoms with Crippen molar-refractivity contribution < 1.29 is 9.26 Å². The molecule has 0 radical (unpaired) electrons. The second-order valence-corrected chi connectivity index (χ2v) is 3.31. The van der Waals surface area contributed by atoms with Crippen molar-refractivity contribution >= 4 is 15.9 Å². The predicted octanol–water partition coefficient (Wildman–Crippen LogP) is 2.41. The van der Waals surface area contributed by atoms with E-state index in [0.29, 0.717) is 22.7 Å². The molecule has 0 amide bonds. The van der Waals surface area contributed by atoms with Crippen molar-refractivity contribution in [2.45, 2.75) is 6.61 Å². The van der Waals surface area contributed by atoms with Crippen LogP contribution in [0.1, 0.15) is 5.76 Å². The van der Waals surface area contributed by atoms with Crippen LogP contribution >= 0.6 is 15.9 Å². The molecule has 0 aromatic carbocycles. The maximum atomic E-state index is 5.44. The second kappa shape index (κ2) is 4.23. The predicted molar refractivity (Wildman–Crippen MR) is 52.8 cm³/mol. The molecule has 0 unspecified atom stereocenters. The van der Waals surface area contributed by atoms with Crippen LogP contribution in [-0.4, -0.2) is 10.1 Å². The normalized spacial score (nSPS) is 10.1. The highest BCUT2D eigenvalue weighted by atomic mass is 79.9. The van der Waals surface area contributed by atoms with Crippen molar-refractivity contribution in [3.63, 3.8) is 0 Å². The Balaban J connectivity index is 2.02. The molecule has 0 aliphatic heterocycles. The van der Waals surface area contributed by atoms with Gasteiger partial charge in [-0.25, -0.2) is 4.98 Å². The fourth-order valence-electron chi connectivity index (χ4n) is 0.944. The van der Waals surface area contributed by atoms with Gasteiger partial charge in [-0.3, -0.25) is 0 Å². The van der Waals surface area contributed by atoms with E-state index in [4.69, 9.17) is 9.26 Å². The van der Waals surface area contributed by atoms with E-state index >= 15 is 0 Å². The summed E-state index contributed by atoms with van der Waals surface area (Å²) >= 11 is 3.28. The van der Waals surface area contributed by atoms with E-state index in [0.717, 1.165) is 0 Å². The standard InChI is InChI=1S/C9H7BrN2O2/c10-9-8(2-1-4-11-9)13-6-7-3-5-12-14-7/h1-5H,6H2. The third kappa shape index (κ3) is 2.11. The molecule has 0 saturated carbocycles. The second-order valence-electron chi connectivity index (χ2n) is 2.56. The van der Waals surface area contributed by atoms with Crippen LogP contribution < -0.4 is 4.74 Å². The molecular formula is C9H7BrN2O2. The first-order chi connectivity index (χ1) is 6.86. The number of rotatable bonds is 3. The number of ether oxygens (including phenoxy) is 1. The van der Waals surface area contributed by atoms with E-state index in [1.165, 1.54) is 0 Å². The molecule has 72 valence electrons. The van der Waals surface area contributed by atoms with Crippen LogP contribution in [0.3, 0.4) is 0 Å². The molecule has 14 heavy (non-hydrogen) atoms. The van der Waals surface area contributed by atoms with Gasteiger partial charge >= 0.3 is 0 Å².